The second-order valence-electron chi connectivity index (χ2n) is 3.61. The third-order valence-electron chi connectivity index (χ3n) is 2.37. The standard InChI is InChI=1S/C12H8ClF3O2/c13-7-1-3-9(10(5-7)12(14,15)16)11-4-2-8(6-17)18-11/h1-5,17H,6H2. The zero-order valence-electron chi connectivity index (χ0n) is 8.96. The van der Waals surface area contributed by atoms with Crippen LogP contribution >= 0.6 is 11.6 Å². The Morgan fingerprint density at radius 2 is 1.89 bits per heavy atom. The molecule has 96 valence electrons. The smallest absolute Gasteiger partial charge is 0.417 e. The highest BCUT2D eigenvalue weighted by Crippen LogP contribution is 2.39. The Morgan fingerprint density at radius 1 is 1.17 bits per heavy atom. The van der Waals surface area contributed by atoms with Gasteiger partial charge in [0.25, 0.3) is 0 Å². The molecule has 0 spiro atoms. The lowest BCUT2D eigenvalue weighted by molar-refractivity contribution is -0.137. The van der Waals surface area contributed by atoms with Gasteiger partial charge in [-0.1, -0.05) is 11.6 Å². The molecule has 0 unspecified atom stereocenters. The maximum atomic E-state index is 12.9. The highest BCUT2D eigenvalue weighted by Gasteiger charge is 2.34. The Morgan fingerprint density at radius 3 is 2.44 bits per heavy atom. The Balaban J connectivity index is 2.56. The Bertz CT molecular complexity index is 561. The largest absolute Gasteiger partial charge is 0.459 e. The molecule has 0 saturated carbocycles. The van der Waals surface area contributed by atoms with E-state index in [9.17, 15) is 13.2 Å². The summed E-state index contributed by atoms with van der Waals surface area (Å²) in [5, 5.41) is 8.83. The summed E-state index contributed by atoms with van der Waals surface area (Å²) in [6.45, 7) is -0.366. The van der Waals surface area contributed by atoms with Crippen LogP contribution in [0.25, 0.3) is 11.3 Å². The maximum Gasteiger partial charge on any atom is 0.417 e. The molecule has 0 amide bonds. The van der Waals surface area contributed by atoms with E-state index in [1.54, 1.807) is 0 Å². The van der Waals surface area contributed by atoms with Crippen LogP contribution < -0.4 is 0 Å². The SMILES string of the molecule is OCc1ccc(-c2ccc(Cl)cc2C(F)(F)F)o1. The van der Waals surface area contributed by atoms with Gasteiger partial charge in [-0.2, -0.15) is 13.2 Å². The lowest BCUT2D eigenvalue weighted by Gasteiger charge is -2.11. The molecule has 0 aliphatic carbocycles. The molecule has 0 atom stereocenters. The summed E-state index contributed by atoms with van der Waals surface area (Å²) in [5.41, 5.74) is -0.972. The minimum Gasteiger partial charge on any atom is -0.459 e. The number of rotatable bonds is 2. The molecular weight excluding hydrogens is 269 g/mol. The van der Waals surface area contributed by atoms with Crippen molar-refractivity contribution in [3.05, 3.63) is 46.7 Å². The van der Waals surface area contributed by atoms with E-state index in [-0.39, 0.29) is 28.7 Å². The average Bonchev–Trinajstić information content (AvgIpc) is 2.76. The van der Waals surface area contributed by atoms with E-state index in [1.807, 2.05) is 0 Å². The molecule has 2 nitrogen and oxygen atoms in total. The van der Waals surface area contributed by atoms with Crippen LogP contribution in [0.3, 0.4) is 0 Å². The van der Waals surface area contributed by atoms with Crippen LogP contribution in [-0.4, -0.2) is 5.11 Å². The van der Waals surface area contributed by atoms with Crippen molar-refractivity contribution in [1.82, 2.24) is 0 Å². The molecule has 0 saturated heterocycles. The van der Waals surface area contributed by atoms with Crippen molar-refractivity contribution in [2.75, 3.05) is 0 Å². The van der Waals surface area contributed by atoms with E-state index in [4.69, 9.17) is 21.1 Å². The number of halogens is 4. The molecule has 18 heavy (non-hydrogen) atoms. The lowest BCUT2D eigenvalue weighted by atomic mass is 10.1. The van der Waals surface area contributed by atoms with Gasteiger partial charge >= 0.3 is 6.18 Å². The first-order chi connectivity index (χ1) is 8.41. The number of aliphatic hydroxyl groups is 1. The molecule has 1 aromatic heterocycles. The van der Waals surface area contributed by atoms with Crippen LogP contribution in [0, 0.1) is 0 Å². The third kappa shape index (κ3) is 2.52. The van der Waals surface area contributed by atoms with Crippen molar-refractivity contribution < 1.29 is 22.7 Å². The predicted molar refractivity (Wildman–Crippen MR) is 60.1 cm³/mol. The first-order valence-corrected chi connectivity index (χ1v) is 5.36. The molecule has 6 heteroatoms. The zero-order valence-corrected chi connectivity index (χ0v) is 9.72. The minimum atomic E-state index is -4.52. The number of furan rings is 1. The van der Waals surface area contributed by atoms with Crippen LogP contribution in [0.2, 0.25) is 5.02 Å². The second kappa shape index (κ2) is 4.66. The second-order valence-corrected chi connectivity index (χ2v) is 4.05. The van der Waals surface area contributed by atoms with Gasteiger partial charge in [-0.15, -0.1) is 0 Å². The molecule has 1 aromatic carbocycles. The van der Waals surface area contributed by atoms with Gasteiger partial charge in [-0.3, -0.25) is 0 Å². The predicted octanol–water partition coefficient (Wildman–Crippen LogP) is 4.11. The molecule has 0 radical (unpaired) electrons. The summed E-state index contributed by atoms with van der Waals surface area (Å²) in [6.07, 6.45) is -4.52. The van der Waals surface area contributed by atoms with Crippen LogP contribution in [0.15, 0.2) is 34.7 Å². The van der Waals surface area contributed by atoms with E-state index >= 15 is 0 Å². The molecule has 1 heterocycles. The zero-order chi connectivity index (χ0) is 13.3. The number of alkyl halides is 3. The summed E-state index contributed by atoms with van der Waals surface area (Å²) in [5.74, 6) is 0.246. The van der Waals surface area contributed by atoms with Gasteiger partial charge in [0.2, 0.25) is 0 Å². The number of benzene rings is 1. The van der Waals surface area contributed by atoms with Gasteiger partial charge in [0.05, 0.1) is 5.56 Å². The fourth-order valence-corrected chi connectivity index (χ4v) is 1.75. The van der Waals surface area contributed by atoms with Gasteiger partial charge in [-0.05, 0) is 30.3 Å². The van der Waals surface area contributed by atoms with Gasteiger partial charge < -0.3 is 9.52 Å². The number of hydrogen-bond acceptors (Lipinski definition) is 2. The van der Waals surface area contributed by atoms with Crippen molar-refractivity contribution in [3.63, 3.8) is 0 Å². The van der Waals surface area contributed by atoms with Crippen molar-refractivity contribution in [1.29, 1.82) is 0 Å². The van der Waals surface area contributed by atoms with Crippen molar-refractivity contribution in [2.24, 2.45) is 0 Å². The molecule has 2 aromatic rings. The highest BCUT2D eigenvalue weighted by molar-refractivity contribution is 6.30. The lowest BCUT2D eigenvalue weighted by Crippen LogP contribution is -2.06. The summed E-state index contributed by atoms with van der Waals surface area (Å²) >= 11 is 5.57. The van der Waals surface area contributed by atoms with Gasteiger partial charge in [-0.25, -0.2) is 0 Å². The molecule has 1 N–H and O–H groups in total. The number of hydrogen-bond donors (Lipinski definition) is 1. The fourth-order valence-electron chi connectivity index (χ4n) is 1.57. The summed E-state index contributed by atoms with van der Waals surface area (Å²) < 4.78 is 43.7. The van der Waals surface area contributed by atoms with Gasteiger partial charge in [0.1, 0.15) is 18.1 Å². The van der Waals surface area contributed by atoms with E-state index < -0.39 is 11.7 Å². The molecule has 0 aliphatic heterocycles. The first-order valence-electron chi connectivity index (χ1n) is 4.98. The normalized spacial score (nSPS) is 11.8. The third-order valence-corrected chi connectivity index (χ3v) is 2.61. The highest BCUT2D eigenvalue weighted by atomic mass is 35.5. The van der Waals surface area contributed by atoms with E-state index in [0.717, 1.165) is 6.07 Å². The summed E-state index contributed by atoms with van der Waals surface area (Å²) in [4.78, 5) is 0. The van der Waals surface area contributed by atoms with E-state index in [1.165, 1.54) is 24.3 Å². The van der Waals surface area contributed by atoms with Crippen molar-refractivity contribution in [2.45, 2.75) is 12.8 Å². The number of aliphatic hydroxyl groups excluding tert-OH is 1. The average molecular weight is 277 g/mol. The Hall–Kier alpha value is -1.46. The molecule has 2 rings (SSSR count). The summed E-state index contributed by atoms with van der Waals surface area (Å²) in [6, 6.07) is 6.24. The van der Waals surface area contributed by atoms with Gasteiger partial charge in [0, 0.05) is 10.6 Å². The molecule has 0 fully saturated rings. The minimum absolute atomic E-state index is 0.0000118. The van der Waals surface area contributed by atoms with Crippen molar-refractivity contribution in [3.8, 4) is 11.3 Å². The summed E-state index contributed by atoms with van der Waals surface area (Å²) in [7, 11) is 0. The fraction of sp³-hybridized carbons (Fsp3) is 0.167. The monoisotopic (exact) mass is 276 g/mol. The molecular formula is C12H8ClF3O2. The molecule has 0 bridgehead atoms. The van der Waals surface area contributed by atoms with Crippen LogP contribution in [0.5, 0.6) is 0 Å². The van der Waals surface area contributed by atoms with Crippen molar-refractivity contribution >= 4 is 11.6 Å². The van der Waals surface area contributed by atoms with Gasteiger partial charge in [0.15, 0.2) is 0 Å². The quantitative estimate of drug-likeness (QED) is 0.895. The Kier molecular flexibility index (Phi) is 3.36. The van der Waals surface area contributed by atoms with Crippen LogP contribution in [0.1, 0.15) is 11.3 Å². The maximum absolute atomic E-state index is 12.9. The Labute approximate surface area is 106 Å². The van der Waals surface area contributed by atoms with E-state index in [2.05, 4.69) is 0 Å². The van der Waals surface area contributed by atoms with E-state index in [0.29, 0.717) is 0 Å². The van der Waals surface area contributed by atoms with Crippen LogP contribution in [-0.2, 0) is 12.8 Å². The topological polar surface area (TPSA) is 33.4 Å². The molecule has 0 aliphatic rings. The van der Waals surface area contributed by atoms with Crippen LogP contribution in [0.4, 0.5) is 13.2 Å². The first kappa shape index (κ1) is 13.0.